The summed E-state index contributed by atoms with van der Waals surface area (Å²) in [6.07, 6.45) is 3.44. The molecule has 0 radical (unpaired) electrons. The van der Waals surface area contributed by atoms with Crippen LogP contribution in [0.1, 0.15) is 0 Å². The lowest BCUT2D eigenvalue weighted by Gasteiger charge is -1.97. The summed E-state index contributed by atoms with van der Waals surface area (Å²) >= 11 is 0. The molecule has 3 heteroatoms. The zero-order valence-corrected chi connectivity index (χ0v) is 6.88. The van der Waals surface area contributed by atoms with Gasteiger partial charge in [0.25, 0.3) is 5.56 Å². The summed E-state index contributed by atoms with van der Waals surface area (Å²) < 4.78 is 1.59. The van der Waals surface area contributed by atoms with Crippen LogP contribution in [-0.2, 0) is 6.54 Å². The van der Waals surface area contributed by atoms with Crippen molar-refractivity contribution in [3.8, 4) is 0 Å². The van der Waals surface area contributed by atoms with Gasteiger partial charge in [-0.25, -0.2) is 0 Å². The number of rotatable bonds is 2. The third kappa shape index (κ3) is 2.60. The molecule has 0 aliphatic carbocycles. The Morgan fingerprint density at radius 2 is 2.27 bits per heavy atom. The first-order valence-electron chi connectivity index (χ1n) is 3.11. The normalized spacial score (nSPS) is 8.36. The summed E-state index contributed by atoms with van der Waals surface area (Å²) in [4.78, 5) is 10.9. The van der Waals surface area contributed by atoms with E-state index in [-0.39, 0.29) is 18.0 Å². The van der Waals surface area contributed by atoms with E-state index in [1.165, 1.54) is 6.07 Å². The predicted octanol–water partition coefficient (Wildman–Crippen LogP) is 1.46. The van der Waals surface area contributed by atoms with E-state index >= 15 is 0 Å². The molecule has 11 heavy (non-hydrogen) atoms. The van der Waals surface area contributed by atoms with Crippen molar-refractivity contribution >= 4 is 12.4 Å². The van der Waals surface area contributed by atoms with Gasteiger partial charge >= 0.3 is 0 Å². The first-order valence-corrected chi connectivity index (χ1v) is 3.11. The molecule has 0 saturated heterocycles. The number of hydrogen-bond donors (Lipinski definition) is 0. The fourth-order valence-corrected chi connectivity index (χ4v) is 0.751. The molecular formula is C8H10ClNO. The van der Waals surface area contributed by atoms with Gasteiger partial charge in [0.15, 0.2) is 0 Å². The smallest absolute Gasteiger partial charge is 0.250 e. The van der Waals surface area contributed by atoms with Crippen LogP contribution < -0.4 is 5.56 Å². The maximum atomic E-state index is 10.9. The van der Waals surface area contributed by atoms with Gasteiger partial charge in [-0.15, -0.1) is 19.0 Å². The van der Waals surface area contributed by atoms with Crippen LogP contribution in [0.3, 0.4) is 0 Å². The van der Waals surface area contributed by atoms with Crippen molar-refractivity contribution in [2.24, 2.45) is 0 Å². The number of allylic oxidation sites excluding steroid dienone is 1. The fraction of sp³-hybridized carbons (Fsp3) is 0.125. The highest BCUT2D eigenvalue weighted by Crippen LogP contribution is 1.80. The third-order valence-electron chi connectivity index (χ3n) is 1.22. The number of halogens is 1. The average Bonchev–Trinajstić information content (AvgIpc) is 1.94. The van der Waals surface area contributed by atoms with Gasteiger partial charge in [-0.3, -0.25) is 4.79 Å². The van der Waals surface area contributed by atoms with E-state index in [0.29, 0.717) is 6.54 Å². The molecule has 1 heterocycles. The second-order valence-electron chi connectivity index (χ2n) is 1.98. The molecule has 2 nitrogen and oxygen atoms in total. The average molecular weight is 172 g/mol. The van der Waals surface area contributed by atoms with Gasteiger partial charge in [0.1, 0.15) is 0 Å². The Balaban J connectivity index is 0.000001000. The Labute approximate surface area is 71.6 Å². The molecule has 60 valence electrons. The summed E-state index contributed by atoms with van der Waals surface area (Å²) in [6.45, 7) is 4.12. The van der Waals surface area contributed by atoms with E-state index in [0.717, 1.165) is 0 Å². The zero-order valence-electron chi connectivity index (χ0n) is 6.06. The highest BCUT2D eigenvalue weighted by Gasteiger charge is 1.86. The highest BCUT2D eigenvalue weighted by molar-refractivity contribution is 5.85. The fourth-order valence-electron chi connectivity index (χ4n) is 0.751. The second kappa shape index (κ2) is 4.74. The lowest BCUT2D eigenvalue weighted by atomic mass is 10.4. The van der Waals surface area contributed by atoms with Gasteiger partial charge in [0, 0.05) is 18.8 Å². The Bertz CT molecular complexity index is 279. The first kappa shape index (κ1) is 9.98. The van der Waals surface area contributed by atoms with Crippen molar-refractivity contribution in [3.63, 3.8) is 0 Å². The van der Waals surface area contributed by atoms with E-state index in [1.54, 1.807) is 22.9 Å². The number of nitrogens with zero attached hydrogens (tertiary/aromatic N) is 1. The molecule has 1 aromatic heterocycles. The van der Waals surface area contributed by atoms with Crippen molar-refractivity contribution in [3.05, 3.63) is 47.4 Å². The van der Waals surface area contributed by atoms with Gasteiger partial charge in [0.2, 0.25) is 0 Å². The summed E-state index contributed by atoms with van der Waals surface area (Å²) in [5, 5.41) is 0. The van der Waals surface area contributed by atoms with Gasteiger partial charge in [0.05, 0.1) is 0 Å². The van der Waals surface area contributed by atoms with Crippen LogP contribution in [0.5, 0.6) is 0 Å². The highest BCUT2D eigenvalue weighted by atomic mass is 35.5. The van der Waals surface area contributed by atoms with Crippen LogP contribution in [0, 0.1) is 0 Å². The topological polar surface area (TPSA) is 22.0 Å². The molecule has 0 atom stereocenters. The molecule has 0 aliphatic heterocycles. The van der Waals surface area contributed by atoms with Gasteiger partial charge in [-0.1, -0.05) is 12.1 Å². The minimum atomic E-state index is 0. The van der Waals surface area contributed by atoms with Crippen LogP contribution in [-0.4, -0.2) is 4.57 Å². The van der Waals surface area contributed by atoms with Crippen molar-refractivity contribution in [2.45, 2.75) is 6.54 Å². The zero-order chi connectivity index (χ0) is 7.40. The Morgan fingerprint density at radius 3 is 2.82 bits per heavy atom. The lowest BCUT2D eigenvalue weighted by Crippen LogP contribution is -2.16. The Hall–Kier alpha value is -1.02. The van der Waals surface area contributed by atoms with Gasteiger partial charge < -0.3 is 4.57 Å². The van der Waals surface area contributed by atoms with Crippen molar-refractivity contribution in [2.75, 3.05) is 0 Å². The van der Waals surface area contributed by atoms with Crippen LogP contribution in [0.25, 0.3) is 0 Å². The maximum Gasteiger partial charge on any atom is 0.250 e. The van der Waals surface area contributed by atoms with E-state index in [2.05, 4.69) is 6.58 Å². The summed E-state index contributed by atoms with van der Waals surface area (Å²) in [5.41, 5.74) is 0.0161. The summed E-state index contributed by atoms with van der Waals surface area (Å²) in [7, 11) is 0. The number of pyridine rings is 1. The molecule has 0 saturated carbocycles. The molecule has 0 spiro atoms. The van der Waals surface area contributed by atoms with Gasteiger partial charge in [-0.05, 0) is 6.07 Å². The second-order valence-corrected chi connectivity index (χ2v) is 1.98. The minimum Gasteiger partial charge on any atom is -0.312 e. The van der Waals surface area contributed by atoms with Crippen LogP contribution >= 0.6 is 12.4 Å². The molecule has 1 aromatic rings. The summed E-state index contributed by atoms with van der Waals surface area (Å²) in [6, 6.07) is 5.08. The van der Waals surface area contributed by atoms with Crippen molar-refractivity contribution in [1.82, 2.24) is 4.57 Å². The molecule has 0 aliphatic rings. The van der Waals surface area contributed by atoms with Crippen molar-refractivity contribution < 1.29 is 0 Å². The monoisotopic (exact) mass is 171 g/mol. The van der Waals surface area contributed by atoms with E-state index in [4.69, 9.17) is 0 Å². The lowest BCUT2D eigenvalue weighted by molar-refractivity contribution is 0.780. The van der Waals surface area contributed by atoms with E-state index in [9.17, 15) is 4.79 Å². The minimum absolute atomic E-state index is 0. The molecular weight excluding hydrogens is 162 g/mol. The SMILES string of the molecule is C=CCn1ccccc1=O.Cl. The molecule has 0 fully saturated rings. The quantitative estimate of drug-likeness (QED) is 0.618. The molecule has 0 amide bonds. The summed E-state index contributed by atoms with van der Waals surface area (Å²) in [5.74, 6) is 0. The Morgan fingerprint density at radius 1 is 1.55 bits per heavy atom. The van der Waals surface area contributed by atoms with E-state index < -0.39 is 0 Å². The molecule has 0 aromatic carbocycles. The van der Waals surface area contributed by atoms with Crippen LogP contribution in [0.15, 0.2) is 41.8 Å². The largest absolute Gasteiger partial charge is 0.312 e. The van der Waals surface area contributed by atoms with Gasteiger partial charge in [-0.2, -0.15) is 0 Å². The molecule has 1 rings (SSSR count). The third-order valence-corrected chi connectivity index (χ3v) is 1.22. The predicted molar refractivity (Wildman–Crippen MR) is 48.1 cm³/mol. The van der Waals surface area contributed by atoms with Crippen LogP contribution in [0.2, 0.25) is 0 Å². The van der Waals surface area contributed by atoms with Crippen LogP contribution in [0.4, 0.5) is 0 Å². The number of hydrogen-bond acceptors (Lipinski definition) is 1. The molecule has 0 unspecified atom stereocenters. The first-order chi connectivity index (χ1) is 4.84. The molecule has 0 bridgehead atoms. The Kier molecular flexibility index (Phi) is 4.30. The maximum absolute atomic E-state index is 10.9. The number of aromatic nitrogens is 1. The molecule has 0 N–H and O–H groups in total. The van der Waals surface area contributed by atoms with Crippen molar-refractivity contribution in [1.29, 1.82) is 0 Å². The van der Waals surface area contributed by atoms with E-state index in [1.807, 2.05) is 6.07 Å². The standard InChI is InChI=1S/C8H9NO.ClH/c1-2-6-9-7-4-3-5-8(9)10;/h2-5,7H,1,6H2;1H.